The molecule has 2 unspecified atom stereocenters. The molecule has 8 nitrogen and oxygen atoms in total. The van der Waals surface area contributed by atoms with Crippen LogP contribution in [0.4, 0.5) is 30.6 Å². The van der Waals surface area contributed by atoms with Crippen molar-refractivity contribution in [2.75, 3.05) is 31.6 Å². The summed E-state index contributed by atoms with van der Waals surface area (Å²) >= 11 is 0. The van der Waals surface area contributed by atoms with Gasteiger partial charge < -0.3 is 24.4 Å². The fraction of sp³-hybridized carbons (Fsp3) is 0.435. The van der Waals surface area contributed by atoms with Crippen LogP contribution in [-0.2, 0) is 9.47 Å². The minimum Gasteiger partial charge on any atom is -0.471 e. The number of piperidine rings is 1. The number of nitrogens with one attached hydrogen (secondary N) is 1. The maximum atomic E-state index is 15.2. The van der Waals surface area contributed by atoms with Crippen molar-refractivity contribution in [2.45, 2.75) is 26.1 Å². The Morgan fingerprint density at radius 1 is 1.24 bits per heavy atom. The Labute approximate surface area is 190 Å². The van der Waals surface area contributed by atoms with Gasteiger partial charge in [-0.15, -0.1) is 0 Å². The monoisotopic (exact) mass is 458 g/mol. The van der Waals surface area contributed by atoms with Crippen molar-refractivity contribution < 1.29 is 27.8 Å². The second-order valence-electron chi connectivity index (χ2n) is 8.36. The summed E-state index contributed by atoms with van der Waals surface area (Å²) in [6.45, 7) is 12.0. The van der Waals surface area contributed by atoms with E-state index in [0.29, 0.717) is 26.3 Å². The Hall–Kier alpha value is -3.45. The molecule has 3 heterocycles. The standard InChI is InChI=1S/C23H24F2N4O4/c1-13(2)32-23(30)29-9-14-11-31-12-15(10-29)21(14)33-22-20(25)19(6-7-27-22)28-18-5-4-16(26-3)8-17(18)24/h4-8,13-15,21H,9-12H2,1-2H3,(H,27,28). The SMILES string of the molecule is [C-]#[N+]c1ccc(Nc2ccnc(OC3C4COCC3CN(C(=O)OC(C)C)C4)c2F)c(F)c1. The molecule has 1 aromatic carbocycles. The third-order valence-corrected chi connectivity index (χ3v) is 5.55. The van der Waals surface area contributed by atoms with Gasteiger partial charge in [0.25, 0.3) is 5.88 Å². The summed E-state index contributed by atoms with van der Waals surface area (Å²) in [5.74, 6) is -1.98. The maximum absolute atomic E-state index is 15.2. The van der Waals surface area contributed by atoms with Crippen LogP contribution >= 0.6 is 0 Å². The molecular formula is C23H24F2N4O4. The first kappa shape index (κ1) is 22.7. The largest absolute Gasteiger partial charge is 0.471 e. The molecule has 33 heavy (non-hydrogen) atoms. The average molecular weight is 458 g/mol. The van der Waals surface area contributed by atoms with Crippen molar-refractivity contribution in [2.24, 2.45) is 11.8 Å². The first-order valence-corrected chi connectivity index (χ1v) is 10.6. The van der Waals surface area contributed by atoms with Crippen LogP contribution in [0.2, 0.25) is 0 Å². The van der Waals surface area contributed by atoms with Gasteiger partial charge in [-0.25, -0.2) is 19.0 Å². The average Bonchev–Trinajstić information content (AvgIpc) is 2.76. The van der Waals surface area contributed by atoms with Gasteiger partial charge in [-0.05, 0) is 32.0 Å². The second kappa shape index (κ2) is 9.58. The van der Waals surface area contributed by atoms with Gasteiger partial charge in [0.1, 0.15) is 11.9 Å². The number of carbonyl (C=O) groups excluding carboxylic acids is 1. The van der Waals surface area contributed by atoms with Gasteiger partial charge in [0.15, 0.2) is 5.69 Å². The van der Waals surface area contributed by atoms with Crippen LogP contribution in [0.3, 0.4) is 0 Å². The normalized spacial score (nSPS) is 21.9. The van der Waals surface area contributed by atoms with Gasteiger partial charge in [0.2, 0.25) is 5.82 Å². The Kier molecular flexibility index (Phi) is 6.60. The zero-order valence-electron chi connectivity index (χ0n) is 18.3. The van der Waals surface area contributed by atoms with Crippen LogP contribution in [0, 0.1) is 30.0 Å². The summed E-state index contributed by atoms with van der Waals surface area (Å²) < 4.78 is 46.3. The number of pyridine rings is 1. The quantitative estimate of drug-likeness (QED) is 0.664. The van der Waals surface area contributed by atoms with Crippen molar-refractivity contribution in [1.82, 2.24) is 9.88 Å². The lowest BCUT2D eigenvalue weighted by atomic mass is 9.84. The fourth-order valence-electron chi connectivity index (χ4n) is 4.07. The first-order chi connectivity index (χ1) is 15.9. The number of amides is 1. The van der Waals surface area contributed by atoms with E-state index < -0.39 is 17.7 Å². The molecule has 2 atom stereocenters. The predicted octanol–water partition coefficient (Wildman–Crippen LogP) is 4.52. The molecule has 0 aliphatic carbocycles. The Bertz CT molecular complexity index is 1060. The molecule has 1 N–H and O–H groups in total. The number of aromatic nitrogens is 1. The van der Waals surface area contributed by atoms with E-state index in [2.05, 4.69) is 15.1 Å². The number of anilines is 2. The van der Waals surface area contributed by atoms with Crippen molar-refractivity contribution in [3.63, 3.8) is 0 Å². The van der Waals surface area contributed by atoms with E-state index in [0.717, 1.165) is 6.07 Å². The maximum Gasteiger partial charge on any atom is 0.410 e. The lowest BCUT2D eigenvalue weighted by Crippen LogP contribution is -2.58. The molecule has 1 aromatic heterocycles. The second-order valence-corrected chi connectivity index (χ2v) is 8.36. The van der Waals surface area contributed by atoms with E-state index >= 15 is 4.39 Å². The van der Waals surface area contributed by atoms with Crippen LogP contribution in [0.1, 0.15) is 13.8 Å². The Morgan fingerprint density at radius 3 is 2.61 bits per heavy atom. The van der Waals surface area contributed by atoms with Gasteiger partial charge in [-0.3, -0.25) is 0 Å². The molecule has 2 saturated heterocycles. The van der Waals surface area contributed by atoms with Crippen molar-refractivity contribution >= 4 is 23.2 Å². The molecule has 10 heteroatoms. The number of rotatable bonds is 5. The molecule has 4 rings (SSSR count). The Morgan fingerprint density at radius 2 is 1.97 bits per heavy atom. The lowest BCUT2D eigenvalue weighted by Gasteiger charge is -2.45. The van der Waals surface area contributed by atoms with E-state index in [9.17, 15) is 9.18 Å². The molecule has 0 spiro atoms. The van der Waals surface area contributed by atoms with Crippen molar-refractivity contribution in [3.8, 4) is 5.88 Å². The fourth-order valence-corrected chi connectivity index (χ4v) is 4.07. The van der Waals surface area contributed by atoms with E-state index in [1.807, 2.05) is 0 Å². The number of halogens is 2. The molecule has 174 valence electrons. The summed E-state index contributed by atoms with van der Waals surface area (Å²) in [6.07, 6.45) is 0.363. The number of hydrogen-bond acceptors (Lipinski definition) is 6. The van der Waals surface area contributed by atoms with Gasteiger partial charge in [-0.2, -0.15) is 4.39 Å². The van der Waals surface area contributed by atoms with Crippen LogP contribution in [-0.4, -0.2) is 54.5 Å². The van der Waals surface area contributed by atoms with Crippen LogP contribution in [0.25, 0.3) is 4.85 Å². The summed E-state index contributed by atoms with van der Waals surface area (Å²) in [5.41, 5.74) is 0.171. The number of hydrogen-bond donors (Lipinski definition) is 1. The van der Waals surface area contributed by atoms with E-state index in [4.69, 9.17) is 20.8 Å². The number of fused-ring (bicyclic) bond motifs is 2. The number of nitrogens with zero attached hydrogens (tertiary/aromatic N) is 3. The topological polar surface area (TPSA) is 77.3 Å². The molecule has 2 aliphatic heterocycles. The van der Waals surface area contributed by atoms with E-state index in [1.54, 1.807) is 18.7 Å². The zero-order chi connectivity index (χ0) is 23.5. The van der Waals surface area contributed by atoms with Crippen molar-refractivity contribution in [1.29, 1.82) is 0 Å². The van der Waals surface area contributed by atoms with Gasteiger partial charge in [0, 0.05) is 31.1 Å². The van der Waals surface area contributed by atoms with Gasteiger partial charge in [0.05, 0.1) is 37.3 Å². The highest BCUT2D eigenvalue weighted by Crippen LogP contribution is 2.34. The molecular weight excluding hydrogens is 434 g/mol. The Balaban J connectivity index is 1.49. The van der Waals surface area contributed by atoms with E-state index in [1.165, 1.54) is 24.4 Å². The van der Waals surface area contributed by atoms with Crippen LogP contribution in [0.15, 0.2) is 30.5 Å². The van der Waals surface area contributed by atoms with E-state index in [-0.39, 0.29) is 47.0 Å². The summed E-state index contributed by atoms with van der Waals surface area (Å²) in [7, 11) is 0. The number of ether oxygens (including phenoxy) is 3. The van der Waals surface area contributed by atoms with Crippen LogP contribution < -0.4 is 10.1 Å². The molecule has 1 amide bonds. The highest BCUT2D eigenvalue weighted by atomic mass is 19.1. The smallest absolute Gasteiger partial charge is 0.410 e. The highest BCUT2D eigenvalue weighted by Gasteiger charge is 2.44. The molecule has 2 aromatic rings. The molecule has 0 radical (unpaired) electrons. The summed E-state index contributed by atoms with van der Waals surface area (Å²) in [6, 6.07) is 5.26. The first-order valence-electron chi connectivity index (χ1n) is 10.6. The third kappa shape index (κ3) is 4.98. The number of benzene rings is 1. The minimum atomic E-state index is -0.758. The highest BCUT2D eigenvalue weighted by molar-refractivity contribution is 5.68. The van der Waals surface area contributed by atoms with Crippen molar-refractivity contribution in [3.05, 3.63) is 53.5 Å². The molecule has 0 saturated carbocycles. The summed E-state index contributed by atoms with van der Waals surface area (Å²) in [4.78, 5) is 21.2. The minimum absolute atomic E-state index is 0.00572. The summed E-state index contributed by atoms with van der Waals surface area (Å²) in [5, 5.41) is 2.69. The number of carbonyl (C=O) groups is 1. The number of likely N-dealkylation sites (tertiary alicyclic amines) is 1. The van der Waals surface area contributed by atoms with Gasteiger partial charge in [-0.1, -0.05) is 6.07 Å². The predicted molar refractivity (Wildman–Crippen MR) is 116 cm³/mol. The molecule has 2 fully saturated rings. The molecule has 2 aliphatic rings. The molecule has 2 bridgehead atoms. The zero-order valence-corrected chi connectivity index (χ0v) is 18.3. The van der Waals surface area contributed by atoms with Gasteiger partial charge >= 0.3 is 6.09 Å². The third-order valence-electron chi connectivity index (χ3n) is 5.55. The lowest BCUT2D eigenvalue weighted by molar-refractivity contribution is -0.111. The van der Waals surface area contributed by atoms with Crippen LogP contribution in [0.5, 0.6) is 5.88 Å².